The molecule has 1 amide bonds. The number of hydrogen-bond acceptors (Lipinski definition) is 5. The number of ether oxygens (including phenoxy) is 2. The van der Waals surface area contributed by atoms with Crippen molar-refractivity contribution in [1.82, 2.24) is 4.98 Å². The van der Waals surface area contributed by atoms with Crippen molar-refractivity contribution < 1.29 is 14.3 Å². The molecule has 0 saturated carbocycles. The van der Waals surface area contributed by atoms with Crippen molar-refractivity contribution in [3.8, 4) is 11.5 Å². The van der Waals surface area contributed by atoms with Crippen molar-refractivity contribution in [2.24, 2.45) is 0 Å². The molecule has 0 radical (unpaired) electrons. The Morgan fingerprint density at radius 1 is 0.929 bits per heavy atom. The van der Waals surface area contributed by atoms with E-state index in [4.69, 9.17) is 9.47 Å². The van der Waals surface area contributed by atoms with Crippen LogP contribution in [0.5, 0.6) is 11.5 Å². The largest absolute Gasteiger partial charge is 0.497 e. The van der Waals surface area contributed by atoms with Gasteiger partial charge in [-0.15, -0.1) is 0 Å². The van der Waals surface area contributed by atoms with E-state index in [9.17, 15) is 4.79 Å². The minimum atomic E-state index is -0.201. The number of methoxy groups -OCH3 is 2. The zero-order chi connectivity index (χ0) is 20.1. The molecule has 1 aromatic heterocycles. The van der Waals surface area contributed by atoms with Gasteiger partial charge in [0.15, 0.2) is 0 Å². The van der Waals surface area contributed by atoms with E-state index in [1.165, 1.54) is 6.20 Å². The summed E-state index contributed by atoms with van der Waals surface area (Å²) >= 11 is 0. The molecule has 1 heterocycles. The first-order valence-electron chi connectivity index (χ1n) is 8.84. The van der Waals surface area contributed by atoms with E-state index in [0.717, 1.165) is 22.5 Å². The van der Waals surface area contributed by atoms with Crippen LogP contribution in [0, 0.1) is 13.8 Å². The molecule has 144 valence electrons. The summed E-state index contributed by atoms with van der Waals surface area (Å²) in [7, 11) is 3.19. The van der Waals surface area contributed by atoms with Gasteiger partial charge in [0.1, 0.15) is 17.3 Å². The van der Waals surface area contributed by atoms with Gasteiger partial charge >= 0.3 is 0 Å². The van der Waals surface area contributed by atoms with E-state index in [-0.39, 0.29) is 5.91 Å². The Balaban J connectivity index is 1.72. The number of benzene rings is 2. The molecule has 3 rings (SSSR count). The Morgan fingerprint density at radius 3 is 2.36 bits per heavy atom. The number of hydrogen-bond donors (Lipinski definition) is 2. The van der Waals surface area contributed by atoms with E-state index in [2.05, 4.69) is 15.6 Å². The Labute approximate surface area is 164 Å². The third-order valence-corrected chi connectivity index (χ3v) is 4.33. The predicted octanol–water partition coefficient (Wildman–Crippen LogP) is 4.71. The van der Waals surface area contributed by atoms with Crippen LogP contribution in [0.2, 0.25) is 0 Å². The van der Waals surface area contributed by atoms with Gasteiger partial charge in [0.05, 0.1) is 25.5 Å². The molecule has 0 aliphatic carbocycles. The number of carbonyl (C=O) groups excluding carboxylic acids is 1. The zero-order valence-corrected chi connectivity index (χ0v) is 16.4. The summed E-state index contributed by atoms with van der Waals surface area (Å²) in [6.07, 6.45) is 1.54. The lowest BCUT2D eigenvalue weighted by atomic mass is 10.1. The van der Waals surface area contributed by atoms with Crippen LogP contribution in [0.25, 0.3) is 0 Å². The number of aryl methyl sites for hydroxylation is 2. The Bertz CT molecular complexity index is 985. The van der Waals surface area contributed by atoms with E-state index in [1.54, 1.807) is 32.4 Å². The first-order chi connectivity index (χ1) is 13.5. The Hall–Kier alpha value is -3.54. The second kappa shape index (κ2) is 8.43. The third kappa shape index (κ3) is 4.40. The fourth-order valence-electron chi connectivity index (χ4n) is 2.79. The average molecular weight is 377 g/mol. The van der Waals surface area contributed by atoms with Gasteiger partial charge in [-0.3, -0.25) is 4.79 Å². The average Bonchev–Trinajstić information content (AvgIpc) is 2.71. The number of amides is 1. The summed E-state index contributed by atoms with van der Waals surface area (Å²) in [5.41, 5.74) is 4.20. The molecule has 3 aromatic rings. The number of pyridine rings is 1. The lowest BCUT2D eigenvalue weighted by molar-refractivity contribution is 0.102. The lowest BCUT2D eigenvalue weighted by Crippen LogP contribution is -2.13. The molecule has 6 heteroatoms. The summed E-state index contributed by atoms with van der Waals surface area (Å²) in [5, 5.41) is 6.10. The number of aromatic nitrogens is 1. The Morgan fingerprint density at radius 2 is 1.71 bits per heavy atom. The molecule has 0 atom stereocenters. The van der Waals surface area contributed by atoms with Crippen LogP contribution in [0.15, 0.2) is 54.7 Å². The van der Waals surface area contributed by atoms with Gasteiger partial charge in [-0.05, 0) is 49.7 Å². The molecule has 0 unspecified atom stereocenters. The molecular formula is C22H23N3O3. The van der Waals surface area contributed by atoms with Gasteiger partial charge in [-0.2, -0.15) is 0 Å². The zero-order valence-electron chi connectivity index (χ0n) is 16.4. The molecule has 0 bridgehead atoms. The van der Waals surface area contributed by atoms with Gasteiger partial charge in [0.25, 0.3) is 5.91 Å². The van der Waals surface area contributed by atoms with Gasteiger partial charge in [-0.25, -0.2) is 4.98 Å². The second-order valence-electron chi connectivity index (χ2n) is 6.40. The maximum Gasteiger partial charge on any atom is 0.257 e. The smallest absolute Gasteiger partial charge is 0.257 e. The minimum absolute atomic E-state index is 0.201. The highest BCUT2D eigenvalue weighted by Crippen LogP contribution is 2.31. The summed E-state index contributed by atoms with van der Waals surface area (Å²) in [6, 6.07) is 14.8. The topological polar surface area (TPSA) is 72.5 Å². The SMILES string of the molecule is COc1ccc(Nc2ccc(C(=O)Nc3ccc(C)cc3C)cn2)c(OC)c1. The van der Waals surface area contributed by atoms with Crippen LogP contribution in [0.3, 0.4) is 0 Å². The molecule has 2 aromatic carbocycles. The van der Waals surface area contributed by atoms with Crippen LogP contribution in [-0.2, 0) is 0 Å². The van der Waals surface area contributed by atoms with Crippen molar-refractivity contribution in [3.63, 3.8) is 0 Å². The fraction of sp³-hybridized carbons (Fsp3) is 0.182. The van der Waals surface area contributed by atoms with E-state index < -0.39 is 0 Å². The van der Waals surface area contributed by atoms with Gasteiger partial charge in [0.2, 0.25) is 0 Å². The van der Waals surface area contributed by atoms with Crippen molar-refractivity contribution in [1.29, 1.82) is 0 Å². The molecular weight excluding hydrogens is 354 g/mol. The van der Waals surface area contributed by atoms with Crippen LogP contribution < -0.4 is 20.1 Å². The molecule has 0 aliphatic rings. The molecule has 6 nitrogen and oxygen atoms in total. The highest BCUT2D eigenvalue weighted by atomic mass is 16.5. The number of nitrogens with one attached hydrogen (secondary N) is 2. The molecule has 0 fully saturated rings. The van der Waals surface area contributed by atoms with Crippen molar-refractivity contribution in [2.75, 3.05) is 24.9 Å². The fourth-order valence-corrected chi connectivity index (χ4v) is 2.79. The normalized spacial score (nSPS) is 10.3. The predicted molar refractivity (Wildman–Crippen MR) is 111 cm³/mol. The molecule has 0 saturated heterocycles. The first-order valence-corrected chi connectivity index (χ1v) is 8.84. The summed E-state index contributed by atoms with van der Waals surface area (Å²) in [5.74, 6) is 1.74. The van der Waals surface area contributed by atoms with Crippen molar-refractivity contribution in [2.45, 2.75) is 13.8 Å². The quantitative estimate of drug-likeness (QED) is 0.651. The van der Waals surface area contributed by atoms with Crippen LogP contribution in [0.1, 0.15) is 21.5 Å². The first kappa shape index (κ1) is 19.2. The number of carbonyl (C=O) groups is 1. The Kier molecular flexibility index (Phi) is 5.79. The standard InChI is InChI=1S/C22H23N3O3/c1-14-5-8-18(15(2)11-14)25-22(26)16-6-10-21(23-13-16)24-19-9-7-17(27-3)12-20(19)28-4/h5-13H,1-4H3,(H,23,24)(H,25,26). The number of anilines is 3. The molecule has 0 aliphatic heterocycles. The number of rotatable bonds is 6. The maximum absolute atomic E-state index is 12.5. The minimum Gasteiger partial charge on any atom is -0.497 e. The van der Waals surface area contributed by atoms with Crippen molar-refractivity contribution in [3.05, 3.63) is 71.4 Å². The molecule has 2 N–H and O–H groups in total. The molecule has 28 heavy (non-hydrogen) atoms. The summed E-state index contributed by atoms with van der Waals surface area (Å²) in [4.78, 5) is 16.8. The van der Waals surface area contributed by atoms with Gasteiger partial charge < -0.3 is 20.1 Å². The number of nitrogens with zero attached hydrogens (tertiary/aromatic N) is 1. The highest BCUT2D eigenvalue weighted by Gasteiger charge is 2.10. The van der Waals surface area contributed by atoms with Crippen LogP contribution in [0.4, 0.5) is 17.2 Å². The monoisotopic (exact) mass is 377 g/mol. The van der Waals surface area contributed by atoms with Crippen molar-refractivity contribution >= 4 is 23.1 Å². The van der Waals surface area contributed by atoms with E-state index in [0.29, 0.717) is 22.9 Å². The van der Waals surface area contributed by atoms with E-state index in [1.807, 2.05) is 44.2 Å². The summed E-state index contributed by atoms with van der Waals surface area (Å²) in [6.45, 7) is 3.99. The van der Waals surface area contributed by atoms with Gasteiger partial charge in [-0.1, -0.05) is 17.7 Å². The highest BCUT2D eigenvalue weighted by molar-refractivity contribution is 6.04. The van der Waals surface area contributed by atoms with Crippen LogP contribution in [-0.4, -0.2) is 25.1 Å². The van der Waals surface area contributed by atoms with E-state index >= 15 is 0 Å². The van der Waals surface area contributed by atoms with Crippen LogP contribution >= 0.6 is 0 Å². The summed E-state index contributed by atoms with van der Waals surface area (Å²) < 4.78 is 10.6. The van der Waals surface area contributed by atoms with Gasteiger partial charge in [0, 0.05) is 18.0 Å². The second-order valence-corrected chi connectivity index (χ2v) is 6.40. The maximum atomic E-state index is 12.5. The lowest BCUT2D eigenvalue weighted by Gasteiger charge is -2.12. The molecule has 0 spiro atoms. The third-order valence-electron chi connectivity index (χ3n) is 4.33.